The summed E-state index contributed by atoms with van der Waals surface area (Å²) in [6, 6.07) is 0. The van der Waals surface area contributed by atoms with E-state index in [1.807, 2.05) is 0 Å². The molecule has 0 spiro atoms. The molecule has 0 aromatic heterocycles. The van der Waals surface area contributed by atoms with E-state index in [4.69, 9.17) is 0 Å². The molecule has 82 valence electrons. The zero-order valence-electron chi connectivity index (χ0n) is 9.86. The van der Waals surface area contributed by atoms with Crippen LogP contribution in [0.2, 0.25) is 0 Å². The second kappa shape index (κ2) is 8.08. The predicted molar refractivity (Wildman–Crippen MR) is 64.5 cm³/mol. The number of rotatable bonds is 7. The number of allylic oxidation sites excluding steroid dienone is 2. The van der Waals surface area contributed by atoms with E-state index in [1.54, 1.807) is 5.57 Å². The Balaban J connectivity index is 1.86. The van der Waals surface area contributed by atoms with Crippen LogP contribution in [0.5, 0.6) is 0 Å². The van der Waals surface area contributed by atoms with E-state index in [0.717, 1.165) is 0 Å². The van der Waals surface area contributed by atoms with Crippen molar-refractivity contribution >= 4 is 0 Å². The lowest BCUT2D eigenvalue weighted by molar-refractivity contribution is 0.610. The standard InChI is InChI=1S/C14H26/c1-2-3-4-5-6-7-8-11-14-12-9-10-13-14/h11H,2-10,12-13H2,1H3. The Morgan fingerprint density at radius 1 is 0.929 bits per heavy atom. The van der Waals surface area contributed by atoms with Crippen molar-refractivity contribution in [1.82, 2.24) is 0 Å². The van der Waals surface area contributed by atoms with Crippen LogP contribution in [0, 0.1) is 0 Å². The minimum Gasteiger partial charge on any atom is -0.0853 e. The van der Waals surface area contributed by atoms with Crippen molar-refractivity contribution in [3.05, 3.63) is 11.6 Å². The van der Waals surface area contributed by atoms with Crippen molar-refractivity contribution in [3.63, 3.8) is 0 Å². The monoisotopic (exact) mass is 194 g/mol. The molecule has 0 bridgehead atoms. The third-order valence-electron chi connectivity index (χ3n) is 3.24. The third kappa shape index (κ3) is 5.47. The highest BCUT2D eigenvalue weighted by Gasteiger charge is 2.04. The first-order chi connectivity index (χ1) is 6.93. The van der Waals surface area contributed by atoms with Gasteiger partial charge in [0.15, 0.2) is 0 Å². The topological polar surface area (TPSA) is 0 Å². The summed E-state index contributed by atoms with van der Waals surface area (Å²) in [5.74, 6) is 0. The van der Waals surface area contributed by atoms with Gasteiger partial charge in [0.25, 0.3) is 0 Å². The van der Waals surface area contributed by atoms with Crippen LogP contribution in [0.15, 0.2) is 11.6 Å². The molecule has 0 radical (unpaired) electrons. The van der Waals surface area contributed by atoms with E-state index in [1.165, 1.54) is 70.6 Å². The van der Waals surface area contributed by atoms with Crippen molar-refractivity contribution in [2.75, 3.05) is 0 Å². The molecule has 0 atom stereocenters. The van der Waals surface area contributed by atoms with Crippen molar-refractivity contribution in [2.45, 2.75) is 77.6 Å². The molecular formula is C14H26. The van der Waals surface area contributed by atoms with Crippen LogP contribution in [0.25, 0.3) is 0 Å². The molecule has 0 heteroatoms. The summed E-state index contributed by atoms with van der Waals surface area (Å²) < 4.78 is 0. The Labute approximate surface area is 89.8 Å². The van der Waals surface area contributed by atoms with Gasteiger partial charge in [0.1, 0.15) is 0 Å². The molecule has 14 heavy (non-hydrogen) atoms. The van der Waals surface area contributed by atoms with Gasteiger partial charge in [0.2, 0.25) is 0 Å². The van der Waals surface area contributed by atoms with E-state index >= 15 is 0 Å². The van der Waals surface area contributed by atoms with E-state index < -0.39 is 0 Å². The first-order valence-corrected chi connectivity index (χ1v) is 6.61. The Hall–Kier alpha value is -0.260. The number of hydrogen-bond acceptors (Lipinski definition) is 0. The Bertz CT molecular complexity index is 147. The van der Waals surface area contributed by atoms with Crippen LogP contribution in [0.4, 0.5) is 0 Å². The molecule has 1 saturated carbocycles. The van der Waals surface area contributed by atoms with Gasteiger partial charge in [-0.2, -0.15) is 0 Å². The van der Waals surface area contributed by atoms with Crippen LogP contribution in [-0.4, -0.2) is 0 Å². The number of unbranched alkanes of at least 4 members (excludes halogenated alkanes) is 6. The Morgan fingerprint density at radius 2 is 1.57 bits per heavy atom. The van der Waals surface area contributed by atoms with Crippen LogP contribution < -0.4 is 0 Å². The van der Waals surface area contributed by atoms with Crippen LogP contribution in [0.1, 0.15) is 77.6 Å². The quantitative estimate of drug-likeness (QED) is 0.384. The van der Waals surface area contributed by atoms with Crippen molar-refractivity contribution in [3.8, 4) is 0 Å². The summed E-state index contributed by atoms with van der Waals surface area (Å²) in [6.45, 7) is 2.28. The predicted octanol–water partition coefficient (Wildman–Crippen LogP) is 5.24. The lowest BCUT2D eigenvalue weighted by atomic mass is 10.1. The van der Waals surface area contributed by atoms with Gasteiger partial charge in [-0.05, 0) is 38.5 Å². The third-order valence-corrected chi connectivity index (χ3v) is 3.24. The van der Waals surface area contributed by atoms with E-state index in [-0.39, 0.29) is 0 Å². The molecule has 1 fully saturated rings. The number of hydrogen-bond donors (Lipinski definition) is 0. The maximum atomic E-state index is 2.52. The van der Waals surface area contributed by atoms with Crippen molar-refractivity contribution < 1.29 is 0 Å². The highest BCUT2D eigenvalue weighted by molar-refractivity contribution is 5.05. The molecule has 0 unspecified atom stereocenters. The molecule has 0 N–H and O–H groups in total. The molecule has 0 aromatic rings. The van der Waals surface area contributed by atoms with Gasteiger partial charge in [-0.25, -0.2) is 0 Å². The molecular weight excluding hydrogens is 168 g/mol. The molecule has 0 nitrogen and oxygen atoms in total. The molecule has 0 aliphatic heterocycles. The van der Waals surface area contributed by atoms with E-state index in [0.29, 0.717) is 0 Å². The first kappa shape index (κ1) is 11.8. The molecule has 0 aromatic carbocycles. The summed E-state index contributed by atoms with van der Waals surface area (Å²) in [4.78, 5) is 0. The molecule has 0 heterocycles. The second-order valence-corrected chi connectivity index (χ2v) is 4.63. The first-order valence-electron chi connectivity index (χ1n) is 6.61. The average Bonchev–Trinajstić information content (AvgIpc) is 2.69. The second-order valence-electron chi connectivity index (χ2n) is 4.63. The lowest BCUT2D eigenvalue weighted by Crippen LogP contribution is -1.79. The van der Waals surface area contributed by atoms with Gasteiger partial charge in [0, 0.05) is 0 Å². The van der Waals surface area contributed by atoms with Gasteiger partial charge < -0.3 is 0 Å². The molecule has 0 amide bonds. The zero-order chi connectivity index (χ0) is 10.1. The summed E-state index contributed by atoms with van der Waals surface area (Å²) in [7, 11) is 0. The van der Waals surface area contributed by atoms with E-state index in [9.17, 15) is 0 Å². The average molecular weight is 194 g/mol. The van der Waals surface area contributed by atoms with Crippen LogP contribution in [-0.2, 0) is 0 Å². The molecule has 1 aliphatic rings. The maximum Gasteiger partial charge on any atom is -0.0320 e. The van der Waals surface area contributed by atoms with Gasteiger partial charge in [-0.3, -0.25) is 0 Å². The minimum atomic E-state index is 1.35. The molecule has 1 aliphatic carbocycles. The Morgan fingerprint density at radius 3 is 2.29 bits per heavy atom. The van der Waals surface area contributed by atoms with Crippen molar-refractivity contribution in [1.29, 1.82) is 0 Å². The SMILES string of the molecule is CCCCCCCCC=C1CCCC1. The molecule has 1 rings (SSSR count). The summed E-state index contributed by atoms with van der Waals surface area (Å²) >= 11 is 0. The van der Waals surface area contributed by atoms with Crippen LogP contribution in [0.3, 0.4) is 0 Å². The van der Waals surface area contributed by atoms with Gasteiger partial charge in [-0.15, -0.1) is 0 Å². The van der Waals surface area contributed by atoms with Crippen molar-refractivity contribution in [2.24, 2.45) is 0 Å². The smallest absolute Gasteiger partial charge is 0.0320 e. The minimum absolute atomic E-state index is 1.35. The van der Waals surface area contributed by atoms with Gasteiger partial charge >= 0.3 is 0 Å². The fourth-order valence-electron chi connectivity index (χ4n) is 2.26. The Kier molecular flexibility index (Phi) is 6.82. The lowest BCUT2D eigenvalue weighted by Gasteiger charge is -1.99. The maximum absolute atomic E-state index is 2.52. The summed E-state index contributed by atoms with van der Waals surface area (Å²) in [6.07, 6.45) is 18.1. The molecule has 0 saturated heterocycles. The summed E-state index contributed by atoms with van der Waals surface area (Å²) in [5.41, 5.74) is 1.75. The zero-order valence-corrected chi connectivity index (χ0v) is 9.86. The highest BCUT2D eigenvalue weighted by Crippen LogP contribution is 2.24. The fraction of sp³-hybridized carbons (Fsp3) is 0.857. The van der Waals surface area contributed by atoms with Gasteiger partial charge in [0.05, 0.1) is 0 Å². The summed E-state index contributed by atoms with van der Waals surface area (Å²) in [5, 5.41) is 0. The largest absolute Gasteiger partial charge is 0.0853 e. The van der Waals surface area contributed by atoms with Gasteiger partial charge in [-0.1, -0.05) is 50.7 Å². The normalized spacial score (nSPS) is 16.2. The van der Waals surface area contributed by atoms with E-state index in [2.05, 4.69) is 13.0 Å². The van der Waals surface area contributed by atoms with Crippen LogP contribution >= 0.6 is 0 Å². The fourth-order valence-corrected chi connectivity index (χ4v) is 2.26. The highest BCUT2D eigenvalue weighted by atomic mass is 14.1.